The molecule has 0 aliphatic rings. The minimum absolute atomic E-state index is 0.0642. The zero-order valence-electron chi connectivity index (χ0n) is 20.4. The lowest BCUT2D eigenvalue weighted by atomic mass is 9.91. The number of aryl methyl sites for hydroxylation is 2. The molecule has 2 rings (SSSR count). The average Bonchev–Trinajstić information content (AvgIpc) is 2.77. The van der Waals surface area contributed by atoms with Gasteiger partial charge < -0.3 is 0 Å². The van der Waals surface area contributed by atoms with E-state index in [0.717, 1.165) is 36.6 Å². The van der Waals surface area contributed by atoms with Crippen LogP contribution in [0.25, 0.3) is 10.8 Å². The van der Waals surface area contributed by atoms with Crippen molar-refractivity contribution in [3.05, 3.63) is 41.5 Å². The Morgan fingerprint density at radius 1 is 0.656 bits per heavy atom. The molecular formula is C28H44O3S. The van der Waals surface area contributed by atoms with Crippen molar-refractivity contribution >= 4 is 20.9 Å². The van der Waals surface area contributed by atoms with E-state index < -0.39 is 10.1 Å². The van der Waals surface area contributed by atoms with Crippen molar-refractivity contribution in [1.29, 1.82) is 0 Å². The molecule has 0 unspecified atom stereocenters. The fourth-order valence-corrected chi connectivity index (χ4v) is 5.47. The maximum Gasteiger partial charge on any atom is 0.295 e. The molecule has 0 saturated carbocycles. The number of hydrogen-bond donors (Lipinski definition) is 1. The van der Waals surface area contributed by atoms with Crippen molar-refractivity contribution in [2.75, 3.05) is 0 Å². The van der Waals surface area contributed by atoms with Crippen LogP contribution in [0.5, 0.6) is 0 Å². The van der Waals surface area contributed by atoms with Gasteiger partial charge in [-0.3, -0.25) is 4.55 Å². The van der Waals surface area contributed by atoms with Crippen LogP contribution in [-0.4, -0.2) is 13.0 Å². The molecule has 0 spiro atoms. The van der Waals surface area contributed by atoms with Gasteiger partial charge in [-0.25, -0.2) is 0 Å². The molecule has 2 aromatic rings. The summed E-state index contributed by atoms with van der Waals surface area (Å²) >= 11 is 0. The number of rotatable bonds is 17. The smallest absolute Gasteiger partial charge is 0.282 e. The number of benzene rings is 2. The molecule has 0 bridgehead atoms. The molecule has 0 aliphatic heterocycles. The van der Waals surface area contributed by atoms with Crippen molar-refractivity contribution in [3.63, 3.8) is 0 Å². The first-order valence-electron chi connectivity index (χ1n) is 13.0. The van der Waals surface area contributed by atoms with E-state index in [2.05, 4.69) is 13.8 Å². The topological polar surface area (TPSA) is 54.4 Å². The Kier molecular flexibility index (Phi) is 12.3. The standard InChI is InChI=1S/C28H44O3S/c1-3-5-7-9-11-13-15-19-24-23-28(32(29,30)31)27-22-18-17-21-26(27)25(24)20-16-14-12-10-8-6-4-2/h17-18,21-23H,3-16,19-20H2,1-2H3,(H,29,30,31). The molecule has 0 saturated heterocycles. The number of unbranched alkanes of at least 4 members (excludes halogenated alkanes) is 12. The van der Waals surface area contributed by atoms with Gasteiger partial charge in [-0.2, -0.15) is 8.42 Å². The van der Waals surface area contributed by atoms with Crippen LogP contribution in [0.15, 0.2) is 35.2 Å². The van der Waals surface area contributed by atoms with E-state index in [4.69, 9.17) is 0 Å². The minimum Gasteiger partial charge on any atom is -0.282 e. The Morgan fingerprint density at radius 2 is 1.12 bits per heavy atom. The minimum atomic E-state index is -4.25. The van der Waals surface area contributed by atoms with E-state index in [0.29, 0.717) is 5.39 Å². The zero-order valence-corrected chi connectivity index (χ0v) is 21.2. The SMILES string of the molecule is CCCCCCCCCc1cc(S(=O)(=O)O)c2ccccc2c1CCCCCCCCC. The predicted octanol–water partition coefficient (Wildman–Crippen LogP) is 8.67. The van der Waals surface area contributed by atoms with Gasteiger partial charge in [0.05, 0.1) is 0 Å². The van der Waals surface area contributed by atoms with Gasteiger partial charge in [-0.05, 0) is 48.3 Å². The maximum absolute atomic E-state index is 12.1. The lowest BCUT2D eigenvalue weighted by molar-refractivity contribution is 0.484. The largest absolute Gasteiger partial charge is 0.295 e. The summed E-state index contributed by atoms with van der Waals surface area (Å²) in [7, 11) is -4.25. The monoisotopic (exact) mass is 460 g/mol. The third-order valence-corrected chi connectivity index (χ3v) is 7.46. The molecule has 0 atom stereocenters. The summed E-state index contributed by atoms with van der Waals surface area (Å²) in [6.07, 6.45) is 19.4. The van der Waals surface area contributed by atoms with Gasteiger partial charge >= 0.3 is 0 Å². The molecule has 2 aromatic carbocycles. The number of hydrogen-bond acceptors (Lipinski definition) is 2. The summed E-state index contributed by atoms with van der Waals surface area (Å²) in [6.45, 7) is 4.48. The lowest BCUT2D eigenvalue weighted by Gasteiger charge is -2.16. The summed E-state index contributed by atoms with van der Waals surface area (Å²) in [6, 6.07) is 9.43. The molecule has 1 N–H and O–H groups in total. The van der Waals surface area contributed by atoms with Crippen LogP contribution in [0.1, 0.15) is 115 Å². The van der Waals surface area contributed by atoms with Crippen LogP contribution in [-0.2, 0) is 23.0 Å². The summed E-state index contributed by atoms with van der Waals surface area (Å²) in [5.41, 5.74) is 2.39. The Hall–Kier alpha value is -1.39. The van der Waals surface area contributed by atoms with Gasteiger partial charge in [0.2, 0.25) is 0 Å². The Labute approximate surface area is 196 Å². The predicted molar refractivity (Wildman–Crippen MR) is 137 cm³/mol. The van der Waals surface area contributed by atoms with Crippen molar-refractivity contribution in [1.82, 2.24) is 0 Å². The molecule has 0 fully saturated rings. The Morgan fingerprint density at radius 3 is 1.66 bits per heavy atom. The molecular weight excluding hydrogens is 416 g/mol. The van der Waals surface area contributed by atoms with Crippen LogP contribution < -0.4 is 0 Å². The fraction of sp³-hybridized carbons (Fsp3) is 0.643. The zero-order chi connectivity index (χ0) is 23.2. The van der Waals surface area contributed by atoms with Crippen molar-refractivity contribution in [3.8, 4) is 0 Å². The van der Waals surface area contributed by atoms with Gasteiger partial charge in [0, 0.05) is 5.39 Å². The first-order chi connectivity index (χ1) is 15.5. The summed E-state index contributed by atoms with van der Waals surface area (Å²) in [5.74, 6) is 0. The first kappa shape index (κ1) is 26.9. The highest BCUT2D eigenvalue weighted by molar-refractivity contribution is 7.86. The van der Waals surface area contributed by atoms with Gasteiger partial charge in [0.25, 0.3) is 10.1 Å². The maximum atomic E-state index is 12.1. The highest BCUT2D eigenvalue weighted by atomic mass is 32.2. The molecule has 0 aliphatic carbocycles. The molecule has 0 aromatic heterocycles. The van der Waals surface area contributed by atoms with Crippen LogP contribution in [0.3, 0.4) is 0 Å². The summed E-state index contributed by atoms with van der Waals surface area (Å²) < 4.78 is 34.1. The molecule has 3 nitrogen and oxygen atoms in total. The average molecular weight is 461 g/mol. The van der Waals surface area contributed by atoms with Gasteiger partial charge in [0.1, 0.15) is 4.90 Å². The second kappa shape index (κ2) is 14.7. The molecule has 180 valence electrons. The molecule has 32 heavy (non-hydrogen) atoms. The third-order valence-electron chi connectivity index (χ3n) is 6.57. The third kappa shape index (κ3) is 8.86. The molecule has 0 radical (unpaired) electrons. The van der Waals surface area contributed by atoms with Crippen LogP contribution in [0.2, 0.25) is 0 Å². The second-order valence-electron chi connectivity index (χ2n) is 9.28. The van der Waals surface area contributed by atoms with Crippen molar-refractivity contribution in [2.45, 2.75) is 121 Å². The van der Waals surface area contributed by atoms with Crippen molar-refractivity contribution < 1.29 is 13.0 Å². The van der Waals surface area contributed by atoms with E-state index in [1.165, 1.54) is 82.6 Å². The van der Waals surface area contributed by atoms with Gasteiger partial charge in [-0.15, -0.1) is 0 Å². The molecule has 4 heteroatoms. The van der Waals surface area contributed by atoms with E-state index in [9.17, 15) is 13.0 Å². The van der Waals surface area contributed by atoms with Gasteiger partial charge in [0.15, 0.2) is 0 Å². The Balaban J connectivity index is 2.14. The normalized spacial score (nSPS) is 12.0. The second-order valence-corrected chi connectivity index (χ2v) is 10.7. The van der Waals surface area contributed by atoms with Crippen LogP contribution in [0, 0.1) is 0 Å². The van der Waals surface area contributed by atoms with Crippen LogP contribution >= 0.6 is 0 Å². The highest BCUT2D eigenvalue weighted by Gasteiger charge is 2.19. The van der Waals surface area contributed by atoms with E-state index in [1.807, 2.05) is 24.3 Å². The molecule has 0 amide bonds. The summed E-state index contributed by atoms with van der Waals surface area (Å²) in [5, 5.41) is 1.64. The van der Waals surface area contributed by atoms with Crippen LogP contribution in [0.4, 0.5) is 0 Å². The first-order valence-corrected chi connectivity index (χ1v) is 14.4. The van der Waals surface area contributed by atoms with E-state index in [1.54, 1.807) is 6.07 Å². The van der Waals surface area contributed by atoms with Crippen molar-refractivity contribution in [2.24, 2.45) is 0 Å². The summed E-state index contributed by atoms with van der Waals surface area (Å²) in [4.78, 5) is 0.0642. The molecule has 0 heterocycles. The fourth-order valence-electron chi connectivity index (χ4n) is 4.72. The number of fused-ring (bicyclic) bond motifs is 1. The Bertz CT molecular complexity index is 902. The van der Waals surface area contributed by atoms with E-state index >= 15 is 0 Å². The van der Waals surface area contributed by atoms with Gasteiger partial charge in [-0.1, -0.05) is 115 Å². The highest BCUT2D eigenvalue weighted by Crippen LogP contribution is 2.32. The lowest BCUT2D eigenvalue weighted by Crippen LogP contribution is -2.05. The quantitative estimate of drug-likeness (QED) is 0.190. The van der Waals surface area contributed by atoms with E-state index in [-0.39, 0.29) is 4.90 Å².